The lowest BCUT2D eigenvalue weighted by Crippen LogP contribution is -2.32. The molecule has 1 aromatic rings. The largest absolute Gasteiger partial charge is 0.469 e. The highest BCUT2D eigenvalue weighted by molar-refractivity contribution is 5.78. The minimum atomic E-state index is -0.187. The molecule has 3 nitrogen and oxygen atoms in total. The van der Waals surface area contributed by atoms with Crippen molar-refractivity contribution in [2.75, 3.05) is 27.2 Å². The molecule has 1 aliphatic carbocycles. The quantitative estimate of drug-likeness (QED) is 0.747. The van der Waals surface area contributed by atoms with Crippen LogP contribution >= 0.6 is 0 Å². The fourth-order valence-electron chi connectivity index (χ4n) is 3.16. The highest BCUT2D eigenvalue weighted by Crippen LogP contribution is 2.26. The number of likely N-dealkylation sites (N-methyl/N-ethyl adjacent to an activating group) is 1. The summed E-state index contributed by atoms with van der Waals surface area (Å²) in [5.41, 5.74) is 1.04. The maximum atomic E-state index is 12.0. The molecule has 3 heteroatoms. The van der Waals surface area contributed by atoms with Crippen LogP contribution in [0.3, 0.4) is 0 Å². The number of esters is 1. The van der Waals surface area contributed by atoms with Gasteiger partial charge in [0.25, 0.3) is 0 Å². The fraction of sp³-hybridized carbons (Fsp3) is 0.588. The number of ether oxygens (including phenoxy) is 1. The first-order chi connectivity index (χ1) is 9.70. The molecule has 2 rings (SSSR count). The molecule has 1 unspecified atom stereocenters. The van der Waals surface area contributed by atoms with Gasteiger partial charge in [-0.1, -0.05) is 43.2 Å². The van der Waals surface area contributed by atoms with Crippen molar-refractivity contribution < 1.29 is 9.53 Å². The molecule has 1 aliphatic rings. The van der Waals surface area contributed by atoms with Crippen LogP contribution in [0.2, 0.25) is 0 Å². The standard InChI is InChI=1S/C17H25NO2/c1-18(12-14-8-6-7-9-14)13-16(17(19)20-2)15-10-4-3-5-11-15/h3-5,10-11,14,16H,6-9,12-13H2,1-2H3. The van der Waals surface area contributed by atoms with Gasteiger partial charge in [0.15, 0.2) is 0 Å². The van der Waals surface area contributed by atoms with Crippen LogP contribution in [0, 0.1) is 5.92 Å². The zero-order valence-electron chi connectivity index (χ0n) is 12.5. The minimum Gasteiger partial charge on any atom is -0.469 e. The summed E-state index contributed by atoms with van der Waals surface area (Å²) in [6.45, 7) is 1.81. The third kappa shape index (κ3) is 4.07. The van der Waals surface area contributed by atoms with Crippen LogP contribution in [0.1, 0.15) is 37.2 Å². The van der Waals surface area contributed by atoms with Crippen molar-refractivity contribution in [3.8, 4) is 0 Å². The van der Waals surface area contributed by atoms with Gasteiger partial charge < -0.3 is 9.64 Å². The Morgan fingerprint density at radius 2 is 1.95 bits per heavy atom. The number of hydrogen-bond donors (Lipinski definition) is 0. The molecule has 1 saturated carbocycles. The molecule has 0 spiro atoms. The van der Waals surface area contributed by atoms with Crippen LogP contribution in [-0.4, -0.2) is 38.1 Å². The molecule has 0 heterocycles. The van der Waals surface area contributed by atoms with E-state index in [-0.39, 0.29) is 11.9 Å². The first kappa shape index (κ1) is 15.0. The van der Waals surface area contributed by atoms with Crippen LogP contribution in [0.25, 0.3) is 0 Å². The molecule has 0 amide bonds. The van der Waals surface area contributed by atoms with E-state index in [1.165, 1.54) is 32.8 Å². The second kappa shape index (κ2) is 7.44. The van der Waals surface area contributed by atoms with E-state index in [0.29, 0.717) is 0 Å². The number of methoxy groups -OCH3 is 1. The summed E-state index contributed by atoms with van der Waals surface area (Å²) in [7, 11) is 3.58. The van der Waals surface area contributed by atoms with Crippen LogP contribution in [-0.2, 0) is 9.53 Å². The van der Waals surface area contributed by atoms with Gasteiger partial charge >= 0.3 is 5.97 Å². The first-order valence-corrected chi connectivity index (χ1v) is 7.52. The van der Waals surface area contributed by atoms with Crippen molar-refractivity contribution >= 4 is 5.97 Å². The van der Waals surface area contributed by atoms with Crippen LogP contribution in [0.4, 0.5) is 0 Å². The molecule has 0 radical (unpaired) electrons. The SMILES string of the molecule is COC(=O)C(CN(C)CC1CCCC1)c1ccccc1. The highest BCUT2D eigenvalue weighted by Gasteiger charge is 2.24. The van der Waals surface area contributed by atoms with Gasteiger partial charge in [-0.15, -0.1) is 0 Å². The van der Waals surface area contributed by atoms with Gasteiger partial charge in [-0.2, -0.15) is 0 Å². The maximum Gasteiger partial charge on any atom is 0.314 e. The van der Waals surface area contributed by atoms with Crippen LogP contribution in [0.5, 0.6) is 0 Å². The Hall–Kier alpha value is -1.35. The van der Waals surface area contributed by atoms with Gasteiger partial charge in [0, 0.05) is 13.1 Å². The third-order valence-electron chi connectivity index (χ3n) is 4.23. The Balaban J connectivity index is 1.98. The first-order valence-electron chi connectivity index (χ1n) is 7.52. The monoisotopic (exact) mass is 275 g/mol. The number of hydrogen-bond acceptors (Lipinski definition) is 3. The van der Waals surface area contributed by atoms with Crippen molar-refractivity contribution in [1.82, 2.24) is 4.90 Å². The lowest BCUT2D eigenvalue weighted by atomic mass is 9.98. The molecule has 0 N–H and O–H groups in total. The molecule has 1 atom stereocenters. The molecule has 0 saturated heterocycles. The second-order valence-electron chi connectivity index (χ2n) is 5.86. The van der Waals surface area contributed by atoms with E-state index in [1.54, 1.807) is 0 Å². The molecule has 0 aliphatic heterocycles. The van der Waals surface area contributed by atoms with Gasteiger partial charge in [0.05, 0.1) is 13.0 Å². The van der Waals surface area contributed by atoms with E-state index in [9.17, 15) is 4.79 Å². The summed E-state index contributed by atoms with van der Waals surface area (Å²) in [5, 5.41) is 0. The van der Waals surface area contributed by atoms with Crippen molar-refractivity contribution in [2.45, 2.75) is 31.6 Å². The zero-order chi connectivity index (χ0) is 14.4. The normalized spacial score (nSPS) is 17.4. The molecule has 0 bridgehead atoms. The Labute approximate surface area is 121 Å². The minimum absolute atomic E-state index is 0.144. The number of nitrogens with zero attached hydrogens (tertiary/aromatic N) is 1. The third-order valence-corrected chi connectivity index (χ3v) is 4.23. The lowest BCUT2D eigenvalue weighted by Gasteiger charge is -2.25. The summed E-state index contributed by atoms with van der Waals surface area (Å²) in [6, 6.07) is 9.93. The smallest absolute Gasteiger partial charge is 0.314 e. The van der Waals surface area contributed by atoms with Gasteiger partial charge in [-0.05, 0) is 31.4 Å². The van der Waals surface area contributed by atoms with E-state index in [1.807, 2.05) is 30.3 Å². The van der Waals surface area contributed by atoms with Gasteiger partial charge in [0.2, 0.25) is 0 Å². The van der Waals surface area contributed by atoms with E-state index in [4.69, 9.17) is 4.74 Å². The molecule has 0 aromatic heterocycles. The number of benzene rings is 1. The van der Waals surface area contributed by atoms with Gasteiger partial charge in [0.1, 0.15) is 0 Å². The molecule has 110 valence electrons. The number of carbonyl (C=O) groups excluding carboxylic acids is 1. The van der Waals surface area contributed by atoms with Crippen LogP contribution in [0.15, 0.2) is 30.3 Å². The number of carbonyl (C=O) groups is 1. The summed E-state index contributed by atoms with van der Waals surface area (Å²) < 4.78 is 4.97. The average molecular weight is 275 g/mol. The Bertz CT molecular complexity index is 412. The summed E-state index contributed by atoms with van der Waals surface area (Å²) in [4.78, 5) is 14.3. The molecular formula is C17H25NO2. The molecule has 1 fully saturated rings. The summed E-state index contributed by atoms with van der Waals surface area (Å²) in [5.74, 6) is 0.469. The van der Waals surface area contributed by atoms with Crippen molar-refractivity contribution in [1.29, 1.82) is 0 Å². The summed E-state index contributed by atoms with van der Waals surface area (Å²) in [6.07, 6.45) is 5.38. The summed E-state index contributed by atoms with van der Waals surface area (Å²) >= 11 is 0. The van der Waals surface area contributed by atoms with E-state index in [0.717, 1.165) is 24.6 Å². The zero-order valence-corrected chi connectivity index (χ0v) is 12.5. The Morgan fingerprint density at radius 3 is 2.55 bits per heavy atom. The predicted octanol–water partition coefficient (Wildman–Crippen LogP) is 3.07. The highest BCUT2D eigenvalue weighted by atomic mass is 16.5. The van der Waals surface area contributed by atoms with Gasteiger partial charge in [-0.25, -0.2) is 0 Å². The van der Waals surface area contributed by atoms with Crippen molar-refractivity contribution in [3.05, 3.63) is 35.9 Å². The average Bonchev–Trinajstić information content (AvgIpc) is 2.97. The van der Waals surface area contributed by atoms with E-state index >= 15 is 0 Å². The van der Waals surface area contributed by atoms with Crippen molar-refractivity contribution in [3.63, 3.8) is 0 Å². The lowest BCUT2D eigenvalue weighted by molar-refractivity contribution is -0.142. The second-order valence-corrected chi connectivity index (χ2v) is 5.86. The molecular weight excluding hydrogens is 250 g/mol. The predicted molar refractivity (Wildman–Crippen MR) is 80.7 cm³/mol. The van der Waals surface area contributed by atoms with Crippen molar-refractivity contribution in [2.24, 2.45) is 5.92 Å². The van der Waals surface area contributed by atoms with E-state index in [2.05, 4.69) is 11.9 Å². The topological polar surface area (TPSA) is 29.5 Å². The number of rotatable bonds is 6. The Kier molecular flexibility index (Phi) is 5.60. The molecule has 1 aromatic carbocycles. The van der Waals surface area contributed by atoms with E-state index < -0.39 is 0 Å². The van der Waals surface area contributed by atoms with Crippen LogP contribution < -0.4 is 0 Å². The van der Waals surface area contributed by atoms with Gasteiger partial charge in [-0.3, -0.25) is 4.79 Å². The molecule has 20 heavy (non-hydrogen) atoms. The maximum absolute atomic E-state index is 12.0. The Morgan fingerprint density at radius 1 is 1.30 bits per heavy atom. The fourth-order valence-corrected chi connectivity index (χ4v) is 3.16.